The number of fused-ring (bicyclic) bond motifs is 1. The average molecular weight is 495 g/mol. The molecule has 5 rings (SSSR count). The van der Waals surface area contributed by atoms with Crippen LogP contribution in [0.1, 0.15) is 48.3 Å². The van der Waals surface area contributed by atoms with Crippen LogP contribution >= 0.6 is 0 Å². The first-order valence-corrected chi connectivity index (χ1v) is 14.0. The van der Waals surface area contributed by atoms with E-state index in [1.165, 1.54) is 43.8 Å². The summed E-state index contributed by atoms with van der Waals surface area (Å²) in [6.45, 7) is 1.87. The molecule has 3 aromatic rings. The number of hydrogen-bond acceptors (Lipinski definition) is 5. The molecule has 2 unspecified atom stereocenters. The Kier molecular flexibility index (Phi) is 7.22. The van der Waals surface area contributed by atoms with Gasteiger partial charge in [0, 0.05) is 31.7 Å². The van der Waals surface area contributed by atoms with Gasteiger partial charge in [0.05, 0.1) is 6.33 Å². The molecule has 1 aromatic heterocycles. The van der Waals surface area contributed by atoms with Gasteiger partial charge in [0.1, 0.15) is 12.4 Å². The molecule has 1 aliphatic carbocycles. The summed E-state index contributed by atoms with van der Waals surface area (Å²) in [6, 6.07) is 16.8. The maximum atomic E-state index is 12.7. The van der Waals surface area contributed by atoms with Gasteiger partial charge in [-0.2, -0.15) is 0 Å². The van der Waals surface area contributed by atoms with E-state index in [4.69, 9.17) is 4.74 Å². The van der Waals surface area contributed by atoms with E-state index in [0.717, 1.165) is 35.8 Å². The number of hydrogen-bond donors (Lipinski definition) is 2. The SMILES string of the molecule is Cn1cnc(S(=O)(=O)NCc2ccc3c(c2)C(Cc2ccccc2)C(NCC2CCCC2)CO3)c1. The van der Waals surface area contributed by atoms with Gasteiger partial charge in [0.25, 0.3) is 10.0 Å². The van der Waals surface area contributed by atoms with Gasteiger partial charge in [-0.15, -0.1) is 0 Å². The van der Waals surface area contributed by atoms with E-state index in [2.05, 4.69) is 45.4 Å². The van der Waals surface area contributed by atoms with Crippen LogP contribution in [0.4, 0.5) is 0 Å². The molecule has 0 saturated heterocycles. The van der Waals surface area contributed by atoms with Crippen molar-refractivity contribution in [3.8, 4) is 5.75 Å². The molecule has 2 N–H and O–H groups in total. The maximum absolute atomic E-state index is 12.7. The topological polar surface area (TPSA) is 85.2 Å². The Balaban J connectivity index is 1.36. The lowest BCUT2D eigenvalue weighted by Crippen LogP contribution is -2.45. The first-order chi connectivity index (χ1) is 17.0. The van der Waals surface area contributed by atoms with Crippen LogP contribution in [0.2, 0.25) is 0 Å². The van der Waals surface area contributed by atoms with Gasteiger partial charge in [-0.25, -0.2) is 18.1 Å². The summed E-state index contributed by atoms with van der Waals surface area (Å²) in [7, 11) is -1.93. The van der Waals surface area contributed by atoms with Gasteiger partial charge in [-0.1, -0.05) is 55.3 Å². The second kappa shape index (κ2) is 10.5. The van der Waals surface area contributed by atoms with Gasteiger partial charge in [-0.3, -0.25) is 0 Å². The lowest BCUT2D eigenvalue weighted by molar-refractivity contribution is 0.206. The molecule has 0 bridgehead atoms. The van der Waals surface area contributed by atoms with Crippen LogP contribution in [0, 0.1) is 5.92 Å². The molecule has 2 atom stereocenters. The molecule has 7 nitrogen and oxygen atoms in total. The van der Waals surface area contributed by atoms with Crippen LogP contribution in [0.3, 0.4) is 0 Å². The second-order valence-electron chi connectivity index (χ2n) is 9.85. The van der Waals surface area contributed by atoms with Crippen LogP contribution < -0.4 is 14.8 Å². The number of benzene rings is 2. The van der Waals surface area contributed by atoms with Crippen molar-refractivity contribution < 1.29 is 13.2 Å². The molecular weight excluding hydrogens is 460 g/mol. The van der Waals surface area contributed by atoms with Gasteiger partial charge >= 0.3 is 0 Å². The first-order valence-electron chi connectivity index (χ1n) is 12.5. The molecule has 35 heavy (non-hydrogen) atoms. The fourth-order valence-corrected chi connectivity index (χ4v) is 6.27. The number of aryl methyl sites for hydroxylation is 1. The summed E-state index contributed by atoms with van der Waals surface area (Å²) in [4.78, 5) is 3.98. The van der Waals surface area contributed by atoms with Crippen LogP contribution in [-0.4, -0.2) is 37.2 Å². The maximum Gasteiger partial charge on any atom is 0.259 e. The lowest BCUT2D eigenvalue weighted by Gasteiger charge is -2.35. The van der Waals surface area contributed by atoms with E-state index >= 15 is 0 Å². The summed E-state index contributed by atoms with van der Waals surface area (Å²) in [6.07, 6.45) is 9.17. The molecule has 1 saturated carbocycles. The number of rotatable bonds is 9. The fourth-order valence-electron chi connectivity index (χ4n) is 5.28. The quantitative estimate of drug-likeness (QED) is 0.473. The van der Waals surface area contributed by atoms with Crippen molar-refractivity contribution in [3.63, 3.8) is 0 Å². The lowest BCUT2D eigenvalue weighted by atomic mass is 9.83. The molecule has 0 radical (unpaired) electrons. The summed E-state index contributed by atoms with van der Waals surface area (Å²) >= 11 is 0. The van der Waals surface area contributed by atoms with Crippen LogP contribution in [0.15, 0.2) is 66.1 Å². The highest BCUT2D eigenvalue weighted by Gasteiger charge is 2.32. The third-order valence-corrected chi connectivity index (χ3v) is 8.53. The number of ether oxygens (including phenoxy) is 1. The molecule has 2 aromatic carbocycles. The van der Waals surface area contributed by atoms with Crippen molar-refractivity contribution in [2.24, 2.45) is 13.0 Å². The highest BCUT2D eigenvalue weighted by molar-refractivity contribution is 7.89. The Morgan fingerprint density at radius 1 is 1.09 bits per heavy atom. The number of aromatic nitrogens is 2. The molecule has 186 valence electrons. The molecule has 0 spiro atoms. The highest BCUT2D eigenvalue weighted by Crippen LogP contribution is 2.37. The van der Waals surface area contributed by atoms with Crippen molar-refractivity contribution in [3.05, 3.63) is 77.7 Å². The zero-order valence-electron chi connectivity index (χ0n) is 20.2. The number of imidazole rings is 1. The third-order valence-electron chi connectivity index (χ3n) is 7.24. The van der Waals surface area contributed by atoms with Crippen molar-refractivity contribution in [2.45, 2.75) is 55.6 Å². The Morgan fingerprint density at radius 3 is 2.63 bits per heavy atom. The molecule has 2 aliphatic rings. The van der Waals surface area contributed by atoms with Crippen molar-refractivity contribution in [2.75, 3.05) is 13.2 Å². The van der Waals surface area contributed by atoms with Crippen molar-refractivity contribution >= 4 is 10.0 Å². The summed E-state index contributed by atoms with van der Waals surface area (Å²) < 4.78 is 35.8. The van der Waals surface area contributed by atoms with Crippen molar-refractivity contribution in [1.29, 1.82) is 0 Å². The summed E-state index contributed by atoms with van der Waals surface area (Å²) in [5, 5.41) is 3.85. The minimum Gasteiger partial charge on any atom is -0.492 e. The molecule has 1 fully saturated rings. The minimum absolute atomic E-state index is 0.0272. The van der Waals surface area contributed by atoms with Gasteiger partial charge < -0.3 is 14.6 Å². The van der Waals surface area contributed by atoms with Crippen LogP contribution in [0.5, 0.6) is 5.75 Å². The van der Waals surface area contributed by atoms with Crippen molar-refractivity contribution in [1.82, 2.24) is 19.6 Å². The van der Waals surface area contributed by atoms with E-state index in [0.29, 0.717) is 6.61 Å². The smallest absolute Gasteiger partial charge is 0.259 e. The standard InChI is InChI=1S/C27H34N4O3S/c1-31-17-27(29-19-31)35(32,33)30-16-22-11-12-26-24(14-22)23(13-20-7-3-2-4-8-20)25(18-34-26)28-15-21-9-5-6-10-21/h2-4,7-8,11-12,14,17,19,21,23,25,28,30H,5-6,9-10,13,15-16,18H2,1H3. The van der Waals surface area contributed by atoms with E-state index < -0.39 is 10.0 Å². The number of nitrogens with zero attached hydrogens (tertiary/aromatic N) is 2. The Bertz CT molecular complexity index is 1240. The molecule has 2 heterocycles. The summed E-state index contributed by atoms with van der Waals surface area (Å²) in [5.74, 6) is 1.89. The van der Waals surface area contributed by atoms with Crippen LogP contribution in [0.25, 0.3) is 0 Å². The highest BCUT2D eigenvalue weighted by atomic mass is 32.2. The van der Waals surface area contributed by atoms with E-state index in [-0.39, 0.29) is 23.5 Å². The molecule has 0 amide bonds. The predicted molar refractivity (Wildman–Crippen MR) is 136 cm³/mol. The van der Waals surface area contributed by atoms with E-state index in [9.17, 15) is 8.42 Å². The summed E-state index contributed by atoms with van der Waals surface area (Å²) in [5.41, 5.74) is 3.33. The Hall–Kier alpha value is -2.68. The van der Waals surface area contributed by atoms with Crippen LogP contribution in [-0.2, 0) is 30.0 Å². The molecular formula is C27H34N4O3S. The normalized spacial score (nSPS) is 20.5. The Morgan fingerprint density at radius 2 is 1.89 bits per heavy atom. The second-order valence-corrected chi connectivity index (χ2v) is 11.6. The fraction of sp³-hybridized carbons (Fsp3) is 0.444. The monoisotopic (exact) mass is 494 g/mol. The number of nitrogens with one attached hydrogen (secondary N) is 2. The first kappa shape index (κ1) is 24.0. The van der Waals surface area contributed by atoms with Gasteiger partial charge in [0.15, 0.2) is 5.03 Å². The largest absolute Gasteiger partial charge is 0.492 e. The van der Waals surface area contributed by atoms with E-state index in [1.54, 1.807) is 11.6 Å². The zero-order chi connectivity index (χ0) is 24.3. The number of sulfonamides is 1. The van der Waals surface area contributed by atoms with Gasteiger partial charge in [0.2, 0.25) is 0 Å². The van der Waals surface area contributed by atoms with E-state index in [1.807, 2.05) is 18.2 Å². The third kappa shape index (κ3) is 5.77. The molecule has 8 heteroatoms. The zero-order valence-corrected chi connectivity index (χ0v) is 21.0. The molecule has 1 aliphatic heterocycles. The average Bonchev–Trinajstić information content (AvgIpc) is 3.55. The predicted octanol–water partition coefficient (Wildman–Crippen LogP) is 3.77. The minimum atomic E-state index is -3.68. The van der Waals surface area contributed by atoms with Gasteiger partial charge in [-0.05, 0) is 54.5 Å². The Labute approximate surface area is 208 Å².